The molecular weight excluding hydrogens is 385 g/mol. The maximum atomic E-state index is 13.5. The number of aromatic nitrogens is 2. The van der Waals surface area contributed by atoms with Crippen LogP contribution < -0.4 is 0 Å². The lowest BCUT2D eigenvalue weighted by molar-refractivity contribution is 0.290. The van der Waals surface area contributed by atoms with E-state index in [0.29, 0.717) is 11.2 Å². The first-order valence-electron chi connectivity index (χ1n) is 9.79. The van der Waals surface area contributed by atoms with E-state index < -0.39 is 0 Å². The number of benzene rings is 1. The summed E-state index contributed by atoms with van der Waals surface area (Å²) in [6.45, 7) is 6.15. The quantitative estimate of drug-likeness (QED) is 0.545. The van der Waals surface area contributed by atoms with E-state index >= 15 is 0 Å². The van der Waals surface area contributed by atoms with Crippen LogP contribution in [-0.2, 0) is 0 Å². The van der Waals surface area contributed by atoms with Crippen LogP contribution in [0, 0.1) is 5.82 Å². The van der Waals surface area contributed by atoms with Gasteiger partial charge in [0.15, 0.2) is 0 Å². The Morgan fingerprint density at radius 1 is 1.07 bits per heavy atom. The molecule has 0 radical (unpaired) electrons. The zero-order chi connectivity index (χ0) is 20.0. The molecule has 1 atom stereocenters. The summed E-state index contributed by atoms with van der Waals surface area (Å²) in [6.07, 6.45) is 7.85. The number of H-pyrrole nitrogens is 1. The standard InChI is InChI=1S/C24H21ClFN3/c1-15-12-20-13-18(8-11-29(20)14-15)22-21(16-6-9-27-10-7-16)23(28-24(22)25)17-2-4-19(26)5-3-17/h2-7,9-10,13,20,28H,1,8,11-12,14H2. The fraction of sp³-hybridized carbons (Fsp3) is 0.208. The van der Waals surface area contributed by atoms with Crippen molar-refractivity contribution in [2.45, 2.75) is 18.9 Å². The third-order valence-electron chi connectivity index (χ3n) is 5.83. The molecule has 1 aromatic carbocycles. The van der Waals surface area contributed by atoms with Gasteiger partial charge in [-0.3, -0.25) is 9.88 Å². The van der Waals surface area contributed by atoms with E-state index in [1.54, 1.807) is 24.5 Å². The SMILES string of the molecule is C=C1CC2C=C(c3c(Cl)[nH]c(-c4ccc(F)cc4)c3-c3ccncc3)CCN2C1. The molecule has 1 N–H and O–H groups in total. The number of rotatable bonds is 3. The summed E-state index contributed by atoms with van der Waals surface area (Å²) in [5.74, 6) is -0.256. The zero-order valence-corrected chi connectivity index (χ0v) is 16.7. The second kappa shape index (κ2) is 7.29. The molecule has 1 unspecified atom stereocenters. The number of hydrogen-bond donors (Lipinski definition) is 1. The van der Waals surface area contributed by atoms with Gasteiger partial charge in [0.05, 0.1) is 5.69 Å². The molecule has 1 saturated heterocycles. The molecule has 2 aliphatic rings. The molecule has 3 aromatic rings. The van der Waals surface area contributed by atoms with E-state index in [9.17, 15) is 4.39 Å². The Morgan fingerprint density at radius 3 is 2.59 bits per heavy atom. The van der Waals surface area contributed by atoms with Crippen LogP contribution in [-0.4, -0.2) is 34.0 Å². The molecule has 1 fully saturated rings. The highest BCUT2D eigenvalue weighted by molar-refractivity contribution is 6.32. The molecule has 146 valence electrons. The second-order valence-electron chi connectivity index (χ2n) is 7.74. The summed E-state index contributed by atoms with van der Waals surface area (Å²) in [5, 5.41) is 0.618. The molecule has 5 heteroatoms. The Hall–Kier alpha value is -2.69. The zero-order valence-electron chi connectivity index (χ0n) is 16.0. The number of nitrogens with zero attached hydrogens (tertiary/aromatic N) is 2. The van der Waals surface area contributed by atoms with Crippen LogP contribution in [0.5, 0.6) is 0 Å². The Morgan fingerprint density at radius 2 is 1.83 bits per heavy atom. The van der Waals surface area contributed by atoms with Crippen LogP contribution in [0.1, 0.15) is 18.4 Å². The van der Waals surface area contributed by atoms with Gasteiger partial charge < -0.3 is 4.98 Å². The Balaban J connectivity index is 1.69. The third-order valence-corrected chi connectivity index (χ3v) is 6.12. The van der Waals surface area contributed by atoms with Crippen LogP contribution in [0.15, 0.2) is 67.0 Å². The number of nitrogens with one attached hydrogen (secondary N) is 1. The normalized spacial score (nSPS) is 19.3. The predicted molar refractivity (Wildman–Crippen MR) is 116 cm³/mol. The van der Waals surface area contributed by atoms with E-state index in [0.717, 1.165) is 53.9 Å². The van der Waals surface area contributed by atoms with Crippen molar-refractivity contribution >= 4 is 17.2 Å². The van der Waals surface area contributed by atoms with E-state index in [2.05, 4.69) is 27.5 Å². The molecule has 4 heterocycles. The van der Waals surface area contributed by atoms with Crippen LogP contribution >= 0.6 is 11.6 Å². The van der Waals surface area contributed by atoms with E-state index in [-0.39, 0.29) is 5.82 Å². The van der Waals surface area contributed by atoms with Gasteiger partial charge in [-0.15, -0.1) is 0 Å². The fourth-order valence-electron chi connectivity index (χ4n) is 4.50. The smallest absolute Gasteiger partial charge is 0.123 e. The lowest BCUT2D eigenvalue weighted by Crippen LogP contribution is -2.32. The molecule has 0 amide bonds. The minimum atomic E-state index is -0.256. The van der Waals surface area contributed by atoms with Crippen molar-refractivity contribution in [3.63, 3.8) is 0 Å². The molecular formula is C24H21ClFN3. The minimum absolute atomic E-state index is 0.256. The van der Waals surface area contributed by atoms with Crippen LogP contribution in [0.25, 0.3) is 28.0 Å². The molecule has 29 heavy (non-hydrogen) atoms. The van der Waals surface area contributed by atoms with Gasteiger partial charge in [-0.05, 0) is 65.9 Å². The van der Waals surface area contributed by atoms with Gasteiger partial charge in [0.2, 0.25) is 0 Å². The van der Waals surface area contributed by atoms with Crippen LogP contribution in [0.2, 0.25) is 5.15 Å². The van der Waals surface area contributed by atoms with Crippen molar-refractivity contribution in [2.75, 3.05) is 13.1 Å². The average molecular weight is 406 g/mol. The van der Waals surface area contributed by atoms with Crippen molar-refractivity contribution < 1.29 is 4.39 Å². The average Bonchev–Trinajstić information content (AvgIpc) is 3.27. The largest absolute Gasteiger partial charge is 0.345 e. The van der Waals surface area contributed by atoms with E-state index in [1.807, 2.05) is 12.1 Å². The molecule has 0 saturated carbocycles. The van der Waals surface area contributed by atoms with E-state index in [4.69, 9.17) is 11.6 Å². The Labute approximate surface area is 174 Å². The van der Waals surface area contributed by atoms with Crippen molar-refractivity contribution in [3.8, 4) is 22.4 Å². The highest BCUT2D eigenvalue weighted by Gasteiger charge is 2.31. The van der Waals surface area contributed by atoms with Gasteiger partial charge >= 0.3 is 0 Å². The molecule has 0 aliphatic carbocycles. The van der Waals surface area contributed by atoms with Crippen molar-refractivity contribution in [2.24, 2.45) is 0 Å². The number of hydrogen-bond acceptors (Lipinski definition) is 2. The van der Waals surface area contributed by atoms with Crippen molar-refractivity contribution in [1.82, 2.24) is 14.9 Å². The lowest BCUT2D eigenvalue weighted by Gasteiger charge is -2.28. The minimum Gasteiger partial charge on any atom is -0.345 e. The van der Waals surface area contributed by atoms with Gasteiger partial charge in [-0.1, -0.05) is 29.8 Å². The number of halogens is 2. The summed E-state index contributed by atoms with van der Waals surface area (Å²) >= 11 is 6.77. The first kappa shape index (κ1) is 18.3. The number of fused-ring (bicyclic) bond motifs is 1. The summed E-state index contributed by atoms with van der Waals surface area (Å²) in [6, 6.07) is 10.9. The summed E-state index contributed by atoms with van der Waals surface area (Å²) in [4.78, 5) is 10.00. The molecule has 3 nitrogen and oxygen atoms in total. The molecule has 2 aromatic heterocycles. The first-order valence-corrected chi connectivity index (χ1v) is 10.2. The van der Waals surface area contributed by atoms with Gasteiger partial charge in [-0.25, -0.2) is 4.39 Å². The van der Waals surface area contributed by atoms with Gasteiger partial charge in [0, 0.05) is 42.7 Å². The maximum Gasteiger partial charge on any atom is 0.123 e. The monoisotopic (exact) mass is 405 g/mol. The third kappa shape index (κ3) is 3.33. The number of aromatic amines is 1. The Bertz CT molecular complexity index is 1100. The lowest BCUT2D eigenvalue weighted by atomic mass is 9.90. The molecule has 0 bridgehead atoms. The summed E-state index contributed by atoms with van der Waals surface area (Å²) in [7, 11) is 0. The van der Waals surface area contributed by atoms with Crippen molar-refractivity contribution in [3.05, 3.63) is 83.6 Å². The highest BCUT2D eigenvalue weighted by atomic mass is 35.5. The molecule has 0 spiro atoms. The molecule has 2 aliphatic heterocycles. The van der Waals surface area contributed by atoms with Crippen LogP contribution in [0.4, 0.5) is 4.39 Å². The van der Waals surface area contributed by atoms with Gasteiger partial charge in [0.1, 0.15) is 11.0 Å². The van der Waals surface area contributed by atoms with Gasteiger partial charge in [0.25, 0.3) is 0 Å². The topological polar surface area (TPSA) is 31.9 Å². The molecule has 5 rings (SSSR count). The summed E-state index contributed by atoms with van der Waals surface area (Å²) in [5.41, 5.74) is 7.46. The second-order valence-corrected chi connectivity index (χ2v) is 8.12. The fourth-order valence-corrected chi connectivity index (χ4v) is 4.81. The Kier molecular flexibility index (Phi) is 4.61. The van der Waals surface area contributed by atoms with Crippen molar-refractivity contribution in [1.29, 1.82) is 0 Å². The van der Waals surface area contributed by atoms with Gasteiger partial charge in [-0.2, -0.15) is 0 Å². The highest BCUT2D eigenvalue weighted by Crippen LogP contribution is 2.44. The summed E-state index contributed by atoms with van der Waals surface area (Å²) < 4.78 is 13.5. The predicted octanol–water partition coefficient (Wildman–Crippen LogP) is 5.95. The van der Waals surface area contributed by atoms with E-state index in [1.165, 1.54) is 23.3 Å². The maximum absolute atomic E-state index is 13.5. The van der Waals surface area contributed by atoms with Crippen LogP contribution in [0.3, 0.4) is 0 Å². The first-order chi connectivity index (χ1) is 14.1. The number of pyridine rings is 1.